The molecular formula is C27H35Cl2N3O2S. The van der Waals surface area contributed by atoms with Crippen molar-refractivity contribution in [1.29, 1.82) is 0 Å². The molecule has 35 heavy (non-hydrogen) atoms. The highest BCUT2D eigenvalue weighted by molar-refractivity contribution is 7.98. The van der Waals surface area contributed by atoms with E-state index in [-0.39, 0.29) is 30.8 Å². The van der Waals surface area contributed by atoms with E-state index in [0.29, 0.717) is 24.6 Å². The molecule has 0 unspecified atom stereocenters. The fourth-order valence-electron chi connectivity index (χ4n) is 3.91. The first-order valence-electron chi connectivity index (χ1n) is 11.2. The molecule has 0 aliphatic heterocycles. The molecule has 0 bridgehead atoms. The van der Waals surface area contributed by atoms with Gasteiger partial charge in [0.05, 0.1) is 12.7 Å². The third-order valence-electron chi connectivity index (χ3n) is 5.63. The molecule has 8 heteroatoms. The standard InChI is InChI=1S/C27H33N3O2S.2ClH/c1-17(2)13-25-23(15-29)26(20-7-5-19(14-28)6-8-20)24(18(3)30-25)16-33-22-11-9-21(10-12-22)27(31)32-4;;/h5-12,17H,13-16,28-29H2,1-4H3;2*1H. The van der Waals surface area contributed by atoms with Crippen LogP contribution in [-0.4, -0.2) is 18.1 Å². The number of carbonyl (C=O) groups is 1. The smallest absolute Gasteiger partial charge is 0.337 e. The summed E-state index contributed by atoms with van der Waals surface area (Å²) in [6, 6.07) is 15.9. The zero-order valence-corrected chi connectivity index (χ0v) is 23.1. The lowest BCUT2D eigenvalue weighted by atomic mass is 9.90. The monoisotopic (exact) mass is 535 g/mol. The van der Waals surface area contributed by atoms with E-state index in [1.54, 1.807) is 23.9 Å². The number of nitrogens with two attached hydrogens (primary N) is 2. The van der Waals surface area contributed by atoms with Crippen molar-refractivity contribution in [3.63, 3.8) is 0 Å². The maximum absolute atomic E-state index is 11.7. The van der Waals surface area contributed by atoms with Gasteiger partial charge in [-0.15, -0.1) is 36.6 Å². The van der Waals surface area contributed by atoms with Crippen molar-refractivity contribution in [2.75, 3.05) is 7.11 Å². The van der Waals surface area contributed by atoms with Crippen molar-refractivity contribution >= 4 is 42.5 Å². The van der Waals surface area contributed by atoms with Crippen LogP contribution < -0.4 is 11.5 Å². The van der Waals surface area contributed by atoms with Crippen LogP contribution in [0.15, 0.2) is 53.4 Å². The van der Waals surface area contributed by atoms with Crippen LogP contribution in [0.1, 0.15) is 52.3 Å². The van der Waals surface area contributed by atoms with Gasteiger partial charge in [-0.1, -0.05) is 38.1 Å². The summed E-state index contributed by atoms with van der Waals surface area (Å²) in [4.78, 5) is 17.8. The number of hydrogen-bond donors (Lipinski definition) is 2. The molecule has 1 aromatic heterocycles. The van der Waals surface area contributed by atoms with Crippen molar-refractivity contribution in [1.82, 2.24) is 4.98 Å². The Morgan fingerprint density at radius 1 is 0.971 bits per heavy atom. The molecule has 2 aromatic carbocycles. The van der Waals surface area contributed by atoms with Crippen LogP contribution in [-0.2, 0) is 30.0 Å². The van der Waals surface area contributed by atoms with Gasteiger partial charge in [-0.2, -0.15) is 0 Å². The fourth-order valence-corrected chi connectivity index (χ4v) is 4.91. The van der Waals surface area contributed by atoms with Gasteiger partial charge in [0.25, 0.3) is 0 Å². The van der Waals surface area contributed by atoms with Crippen molar-refractivity contribution in [3.05, 3.63) is 82.2 Å². The molecule has 0 saturated carbocycles. The Bertz CT molecular complexity index is 1100. The first-order chi connectivity index (χ1) is 15.9. The Morgan fingerprint density at radius 2 is 1.60 bits per heavy atom. The van der Waals surface area contributed by atoms with Gasteiger partial charge in [-0.3, -0.25) is 4.98 Å². The SMILES string of the molecule is COC(=O)c1ccc(SCc2c(C)nc(CC(C)C)c(CN)c2-c2ccc(CN)cc2)cc1.Cl.Cl. The third-order valence-corrected chi connectivity index (χ3v) is 6.67. The lowest BCUT2D eigenvalue weighted by molar-refractivity contribution is 0.0600. The maximum Gasteiger partial charge on any atom is 0.337 e. The first-order valence-corrected chi connectivity index (χ1v) is 12.2. The summed E-state index contributed by atoms with van der Waals surface area (Å²) < 4.78 is 4.79. The van der Waals surface area contributed by atoms with Gasteiger partial charge >= 0.3 is 5.97 Å². The third kappa shape index (κ3) is 7.69. The number of carbonyl (C=O) groups excluding carboxylic acids is 1. The average Bonchev–Trinajstić information content (AvgIpc) is 2.82. The minimum Gasteiger partial charge on any atom is -0.465 e. The topological polar surface area (TPSA) is 91.2 Å². The second-order valence-electron chi connectivity index (χ2n) is 8.48. The minimum absolute atomic E-state index is 0. The van der Waals surface area contributed by atoms with Crippen molar-refractivity contribution in [2.24, 2.45) is 17.4 Å². The number of rotatable bonds is 9. The summed E-state index contributed by atoms with van der Waals surface area (Å²) in [6.45, 7) is 7.44. The van der Waals surface area contributed by atoms with Gasteiger partial charge in [-0.05, 0) is 71.3 Å². The van der Waals surface area contributed by atoms with E-state index in [9.17, 15) is 4.79 Å². The molecule has 0 aliphatic carbocycles. The number of esters is 1. The van der Waals surface area contributed by atoms with Gasteiger partial charge in [0.1, 0.15) is 0 Å². The number of thioether (sulfide) groups is 1. The largest absolute Gasteiger partial charge is 0.465 e. The van der Waals surface area contributed by atoms with Crippen LogP contribution in [0.25, 0.3) is 11.1 Å². The quantitative estimate of drug-likeness (QED) is 0.254. The number of aryl methyl sites for hydroxylation is 1. The summed E-state index contributed by atoms with van der Waals surface area (Å²) >= 11 is 1.72. The second kappa shape index (κ2) is 14.5. The molecule has 5 nitrogen and oxygen atoms in total. The molecule has 3 rings (SSSR count). The van der Waals surface area contributed by atoms with Gasteiger partial charge in [0.2, 0.25) is 0 Å². The van der Waals surface area contributed by atoms with Crippen LogP contribution in [0.5, 0.6) is 0 Å². The number of hydrogen-bond acceptors (Lipinski definition) is 6. The Balaban J connectivity index is 0.00000306. The summed E-state index contributed by atoms with van der Waals surface area (Å²) in [5.41, 5.74) is 20.5. The second-order valence-corrected chi connectivity index (χ2v) is 9.53. The highest BCUT2D eigenvalue weighted by Gasteiger charge is 2.19. The predicted octanol–water partition coefficient (Wildman–Crippen LogP) is 6.10. The van der Waals surface area contributed by atoms with Crippen molar-refractivity contribution in [2.45, 2.75) is 50.9 Å². The van der Waals surface area contributed by atoms with E-state index in [0.717, 1.165) is 45.1 Å². The minimum atomic E-state index is -0.330. The summed E-state index contributed by atoms with van der Waals surface area (Å²) in [5.74, 6) is 0.908. The van der Waals surface area contributed by atoms with Gasteiger partial charge in [-0.25, -0.2) is 4.79 Å². The summed E-state index contributed by atoms with van der Waals surface area (Å²) in [7, 11) is 1.39. The number of benzene rings is 2. The first kappa shape index (κ1) is 30.9. The van der Waals surface area contributed by atoms with Gasteiger partial charge in [0, 0.05) is 35.1 Å². The van der Waals surface area contributed by atoms with Crippen molar-refractivity contribution < 1.29 is 9.53 Å². The Hall–Kier alpha value is -2.09. The van der Waals surface area contributed by atoms with Crippen molar-refractivity contribution in [3.8, 4) is 11.1 Å². The molecule has 0 spiro atoms. The molecule has 3 aromatic rings. The molecule has 0 saturated heterocycles. The zero-order chi connectivity index (χ0) is 24.0. The van der Waals surface area contributed by atoms with Gasteiger partial charge < -0.3 is 16.2 Å². The highest BCUT2D eigenvalue weighted by Crippen LogP contribution is 2.36. The number of halogens is 2. The fraction of sp³-hybridized carbons (Fsp3) is 0.333. The van der Waals surface area contributed by atoms with E-state index in [1.165, 1.54) is 18.2 Å². The molecule has 0 amide bonds. The Kier molecular flexibility index (Phi) is 12.8. The summed E-state index contributed by atoms with van der Waals surface area (Å²) in [6.07, 6.45) is 0.893. The normalized spacial score (nSPS) is 10.5. The molecule has 0 radical (unpaired) electrons. The number of pyridine rings is 1. The molecule has 0 fully saturated rings. The number of methoxy groups -OCH3 is 1. The lowest BCUT2D eigenvalue weighted by Gasteiger charge is -2.21. The molecular weight excluding hydrogens is 501 g/mol. The Labute approximate surface area is 225 Å². The van der Waals surface area contributed by atoms with E-state index >= 15 is 0 Å². The highest BCUT2D eigenvalue weighted by atomic mass is 35.5. The zero-order valence-electron chi connectivity index (χ0n) is 20.7. The number of nitrogens with zero attached hydrogens (tertiary/aromatic N) is 1. The summed E-state index contributed by atoms with van der Waals surface area (Å²) in [5, 5.41) is 0. The predicted molar refractivity (Wildman–Crippen MR) is 151 cm³/mol. The van der Waals surface area contributed by atoms with E-state index < -0.39 is 0 Å². The van der Waals surface area contributed by atoms with Gasteiger partial charge in [0.15, 0.2) is 0 Å². The number of aromatic nitrogens is 1. The molecule has 190 valence electrons. The van der Waals surface area contributed by atoms with Crippen LogP contribution in [0.4, 0.5) is 0 Å². The molecule has 0 aliphatic rings. The van der Waals surface area contributed by atoms with Crippen LogP contribution in [0.3, 0.4) is 0 Å². The Morgan fingerprint density at radius 3 is 2.11 bits per heavy atom. The van der Waals surface area contributed by atoms with Crippen LogP contribution >= 0.6 is 36.6 Å². The van der Waals surface area contributed by atoms with Crippen LogP contribution in [0.2, 0.25) is 0 Å². The van der Waals surface area contributed by atoms with E-state index in [2.05, 4.69) is 45.0 Å². The molecule has 1 heterocycles. The molecule has 4 N–H and O–H groups in total. The maximum atomic E-state index is 11.7. The van der Waals surface area contributed by atoms with E-state index in [4.69, 9.17) is 21.2 Å². The molecule has 0 atom stereocenters. The van der Waals surface area contributed by atoms with Crippen LogP contribution in [0, 0.1) is 12.8 Å². The lowest BCUT2D eigenvalue weighted by Crippen LogP contribution is -2.13. The van der Waals surface area contributed by atoms with E-state index in [1.807, 2.05) is 12.1 Å². The number of ether oxygens (including phenoxy) is 1. The average molecular weight is 537 g/mol.